The molecule has 0 radical (unpaired) electrons. The number of hydrogen-bond acceptors (Lipinski definition) is 2. The van der Waals surface area contributed by atoms with E-state index in [2.05, 4.69) is 27.0 Å². The fourth-order valence-electron chi connectivity index (χ4n) is 1.46. The Labute approximate surface area is 79.6 Å². The fraction of sp³-hybridized carbons (Fsp3) is 0.222. The lowest BCUT2D eigenvalue weighted by Gasteiger charge is -2.14. The van der Waals surface area contributed by atoms with Crippen molar-refractivity contribution in [3.05, 3.63) is 29.5 Å². The highest BCUT2D eigenvalue weighted by Gasteiger charge is 2.13. The number of fused-ring (bicyclic) bond motifs is 1. The van der Waals surface area contributed by atoms with Crippen molar-refractivity contribution in [2.24, 2.45) is 0 Å². The van der Waals surface area contributed by atoms with Crippen LogP contribution in [0.15, 0.2) is 18.3 Å². The van der Waals surface area contributed by atoms with E-state index in [9.17, 15) is 0 Å². The molecule has 0 fully saturated rings. The van der Waals surface area contributed by atoms with E-state index in [1.54, 1.807) is 6.20 Å². The number of aryl methyl sites for hydroxylation is 1. The van der Waals surface area contributed by atoms with Crippen LogP contribution in [0.4, 0.5) is 5.82 Å². The molecular formula is C9H9BrN2. The first kappa shape index (κ1) is 7.80. The standard InChI is InChI=1S/C9H9BrN2/c10-7-3-1-2-6-4-5-12-9(11)8(6)7/h3-5H,1-2H2,(H2,11,12). The molecule has 0 saturated heterocycles. The molecule has 0 unspecified atom stereocenters. The van der Waals surface area contributed by atoms with Crippen molar-refractivity contribution in [3.8, 4) is 0 Å². The maximum Gasteiger partial charge on any atom is 0.132 e. The number of hydrogen-bond donors (Lipinski definition) is 1. The fourth-order valence-corrected chi connectivity index (χ4v) is 2.15. The highest BCUT2D eigenvalue weighted by molar-refractivity contribution is 9.15. The van der Waals surface area contributed by atoms with Crippen LogP contribution in [-0.2, 0) is 6.42 Å². The van der Waals surface area contributed by atoms with Gasteiger partial charge >= 0.3 is 0 Å². The average molecular weight is 225 g/mol. The number of nitrogen functional groups attached to an aromatic ring is 1. The third kappa shape index (κ3) is 1.14. The second-order valence-corrected chi connectivity index (χ2v) is 3.68. The van der Waals surface area contributed by atoms with Gasteiger partial charge < -0.3 is 5.73 Å². The van der Waals surface area contributed by atoms with Gasteiger partial charge in [-0.3, -0.25) is 0 Å². The minimum absolute atomic E-state index is 0.621. The molecule has 1 aromatic rings. The number of anilines is 1. The molecule has 1 heterocycles. The van der Waals surface area contributed by atoms with Crippen molar-refractivity contribution in [2.45, 2.75) is 12.8 Å². The summed E-state index contributed by atoms with van der Waals surface area (Å²) < 4.78 is 1.08. The Morgan fingerprint density at radius 1 is 1.50 bits per heavy atom. The van der Waals surface area contributed by atoms with Crippen molar-refractivity contribution in [2.75, 3.05) is 5.73 Å². The summed E-state index contributed by atoms with van der Waals surface area (Å²) in [5.74, 6) is 0.621. The highest BCUT2D eigenvalue weighted by Crippen LogP contribution is 2.33. The van der Waals surface area contributed by atoms with Crippen LogP contribution in [0.2, 0.25) is 0 Å². The molecule has 2 N–H and O–H groups in total. The molecule has 0 saturated carbocycles. The van der Waals surface area contributed by atoms with Crippen molar-refractivity contribution >= 4 is 26.2 Å². The lowest BCUT2D eigenvalue weighted by molar-refractivity contribution is 0.977. The zero-order valence-electron chi connectivity index (χ0n) is 6.55. The topological polar surface area (TPSA) is 38.9 Å². The van der Waals surface area contributed by atoms with Gasteiger partial charge in [0.25, 0.3) is 0 Å². The van der Waals surface area contributed by atoms with Gasteiger partial charge in [-0.15, -0.1) is 0 Å². The predicted octanol–water partition coefficient (Wildman–Crippen LogP) is 2.35. The minimum atomic E-state index is 0.621. The number of nitrogens with zero attached hydrogens (tertiary/aromatic N) is 1. The molecule has 0 atom stereocenters. The predicted molar refractivity (Wildman–Crippen MR) is 53.9 cm³/mol. The quantitative estimate of drug-likeness (QED) is 0.735. The first-order valence-corrected chi connectivity index (χ1v) is 4.67. The van der Waals surface area contributed by atoms with Gasteiger partial charge in [-0.05, 0) is 24.5 Å². The Balaban J connectivity index is 2.64. The Bertz CT molecular complexity index is 344. The lowest BCUT2D eigenvalue weighted by Crippen LogP contribution is -2.03. The van der Waals surface area contributed by atoms with E-state index in [4.69, 9.17) is 5.73 Å². The van der Waals surface area contributed by atoms with E-state index in [1.165, 1.54) is 5.56 Å². The second kappa shape index (κ2) is 2.90. The van der Waals surface area contributed by atoms with Gasteiger partial charge in [0.05, 0.1) is 0 Å². The van der Waals surface area contributed by atoms with Gasteiger partial charge in [0.15, 0.2) is 0 Å². The molecule has 2 nitrogen and oxygen atoms in total. The van der Waals surface area contributed by atoms with Gasteiger partial charge in [-0.2, -0.15) is 0 Å². The molecule has 62 valence electrons. The highest BCUT2D eigenvalue weighted by atomic mass is 79.9. The average Bonchev–Trinajstić information content (AvgIpc) is 2.04. The van der Waals surface area contributed by atoms with E-state index < -0.39 is 0 Å². The van der Waals surface area contributed by atoms with E-state index in [1.807, 2.05) is 6.07 Å². The van der Waals surface area contributed by atoms with Crippen LogP contribution >= 0.6 is 15.9 Å². The largest absolute Gasteiger partial charge is 0.383 e. The molecule has 2 rings (SSSR count). The third-order valence-corrected chi connectivity index (χ3v) is 2.76. The molecule has 0 amide bonds. The zero-order chi connectivity index (χ0) is 8.55. The van der Waals surface area contributed by atoms with Crippen molar-refractivity contribution in [1.82, 2.24) is 4.98 Å². The minimum Gasteiger partial charge on any atom is -0.383 e. The normalized spacial score (nSPS) is 15.2. The Morgan fingerprint density at radius 2 is 2.33 bits per heavy atom. The number of rotatable bonds is 0. The Kier molecular flexibility index (Phi) is 1.89. The van der Waals surface area contributed by atoms with Gasteiger partial charge in [-0.25, -0.2) is 4.98 Å². The number of pyridine rings is 1. The van der Waals surface area contributed by atoms with Gasteiger partial charge in [-0.1, -0.05) is 22.0 Å². The Hall–Kier alpha value is -0.830. The maximum absolute atomic E-state index is 5.75. The molecular weight excluding hydrogens is 216 g/mol. The van der Waals surface area contributed by atoms with Crippen LogP contribution in [0, 0.1) is 0 Å². The van der Waals surface area contributed by atoms with Crippen LogP contribution in [0.3, 0.4) is 0 Å². The number of halogens is 1. The van der Waals surface area contributed by atoms with E-state index >= 15 is 0 Å². The van der Waals surface area contributed by atoms with Crippen LogP contribution in [0.5, 0.6) is 0 Å². The second-order valence-electron chi connectivity index (χ2n) is 2.82. The van der Waals surface area contributed by atoms with Gasteiger partial charge in [0.2, 0.25) is 0 Å². The van der Waals surface area contributed by atoms with Gasteiger partial charge in [0.1, 0.15) is 5.82 Å². The molecule has 1 aliphatic rings. The van der Waals surface area contributed by atoms with Crippen molar-refractivity contribution in [3.63, 3.8) is 0 Å². The van der Waals surface area contributed by atoms with Crippen LogP contribution in [0.1, 0.15) is 17.5 Å². The Morgan fingerprint density at radius 3 is 3.08 bits per heavy atom. The summed E-state index contributed by atoms with van der Waals surface area (Å²) in [6, 6.07) is 2.03. The summed E-state index contributed by atoms with van der Waals surface area (Å²) in [6.45, 7) is 0. The van der Waals surface area contributed by atoms with Crippen LogP contribution < -0.4 is 5.73 Å². The van der Waals surface area contributed by atoms with Gasteiger partial charge in [0, 0.05) is 16.2 Å². The molecule has 0 aromatic carbocycles. The monoisotopic (exact) mass is 224 g/mol. The van der Waals surface area contributed by atoms with Crippen molar-refractivity contribution < 1.29 is 0 Å². The van der Waals surface area contributed by atoms with E-state index in [-0.39, 0.29) is 0 Å². The van der Waals surface area contributed by atoms with Crippen LogP contribution in [0.25, 0.3) is 4.48 Å². The molecule has 1 aromatic heterocycles. The summed E-state index contributed by atoms with van der Waals surface area (Å²) in [4.78, 5) is 4.05. The molecule has 0 aliphatic heterocycles. The number of aromatic nitrogens is 1. The van der Waals surface area contributed by atoms with E-state index in [0.717, 1.165) is 22.9 Å². The van der Waals surface area contributed by atoms with Crippen molar-refractivity contribution in [1.29, 1.82) is 0 Å². The summed E-state index contributed by atoms with van der Waals surface area (Å²) in [5.41, 5.74) is 8.11. The number of nitrogens with two attached hydrogens (primary N) is 1. The SMILES string of the molecule is Nc1nccc2c1C(Br)=CCC2. The molecule has 0 bridgehead atoms. The molecule has 1 aliphatic carbocycles. The summed E-state index contributed by atoms with van der Waals surface area (Å²) in [5, 5.41) is 0. The smallest absolute Gasteiger partial charge is 0.132 e. The molecule has 12 heavy (non-hydrogen) atoms. The third-order valence-electron chi connectivity index (χ3n) is 2.04. The molecule has 0 spiro atoms. The number of allylic oxidation sites excluding steroid dienone is 1. The summed E-state index contributed by atoms with van der Waals surface area (Å²) >= 11 is 3.48. The first-order valence-electron chi connectivity index (χ1n) is 3.88. The molecule has 3 heteroatoms. The van der Waals surface area contributed by atoms with E-state index in [0.29, 0.717) is 5.82 Å². The first-order chi connectivity index (χ1) is 5.79. The summed E-state index contributed by atoms with van der Waals surface area (Å²) in [7, 11) is 0. The van der Waals surface area contributed by atoms with Crippen LogP contribution in [-0.4, -0.2) is 4.98 Å². The lowest BCUT2D eigenvalue weighted by atomic mass is 9.99. The zero-order valence-corrected chi connectivity index (χ0v) is 8.13. The summed E-state index contributed by atoms with van der Waals surface area (Å²) in [6.07, 6.45) is 6.05. The maximum atomic E-state index is 5.75.